The third kappa shape index (κ3) is 2.46. The van der Waals surface area contributed by atoms with Gasteiger partial charge in [-0.15, -0.1) is 0 Å². The molecule has 0 saturated heterocycles. The van der Waals surface area contributed by atoms with Crippen LogP contribution in [0.2, 0.25) is 0 Å². The van der Waals surface area contributed by atoms with Crippen LogP contribution in [0.5, 0.6) is 0 Å². The molecule has 2 aromatic carbocycles. The van der Waals surface area contributed by atoms with Crippen molar-refractivity contribution in [2.24, 2.45) is 0 Å². The first-order valence-corrected chi connectivity index (χ1v) is 7.20. The topological polar surface area (TPSA) is 0 Å². The van der Waals surface area contributed by atoms with Gasteiger partial charge in [-0.2, -0.15) is 0 Å². The molecule has 74 valence electrons. The van der Waals surface area contributed by atoms with Gasteiger partial charge in [0.1, 0.15) is 0 Å². The number of benzene rings is 2. The number of aryl methyl sites for hydroxylation is 1. The Morgan fingerprint density at radius 2 is 1.27 bits per heavy atom. The second-order valence-electron chi connectivity index (χ2n) is 3.57. The summed E-state index contributed by atoms with van der Waals surface area (Å²) in [5.74, 6) is 0. The Kier molecular flexibility index (Phi) is 3.18. The van der Waals surface area contributed by atoms with E-state index in [4.69, 9.17) is 0 Å². The zero-order chi connectivity index (χ0) is 10.7. The number of hydrogen-bond acceptors (Lipinski definition) is 0. The zero-order valence-electron chi connectivity index (χ0n) is 8.77. The summed E-state index contributed by atoms with van der Waals surface area (Å²) in [6.07, 6.45) is 0. The predicted molar refractivity (Wildman–Crippen MR) is 69.1 cm³/mol. The molecule has 0 radical (unpaired) electrons. The van der Waals surface area contributed by atoms with Crippen molar-refractivity contribution in [2.45, 2.75) is 6.92 Å². The van der Waals surface area contributed by atoms with E-state index in [0.29, 0.717) is 0 Å². The molecule has 0 unspecified atom stereocenters. The quantitative estimate of drug-likeness (QED) is 0.724. The van der Waals surface area contributed by atoms with E-state index in [1.165, 1.54) is 21.0 Å². The fourth-order valence-corrected chi connectivity index (χ4v) is 2.26. The van der Waals surface area contributed by atoms with E-state index < -0.39 is 0 Å². The molecule has 0 amide bonds. The average Bonchev–Trinajstić information content (AvgIpc) is 2.30. The van der Waals surface area contributed by atoms with Crippen molar-refractivity contribution >= 4 is 25.0 Å². The van der Waals surface area contributed by atoms with Crippen molar-refractivity contribution in [3.63, 3.8) is 0 Å². The summed E-state index contributed by atoms with van der Waals surface area (Å²) in [4.78, 5) is 0. The van der Waals surface area contributed by atoms with Crippen LogP contribution in [0.15, 0.2) is 48.5 Å². The van der Waals surface area contributed by atoms with E-state index in [9.17, 15) is 0 Å². The van der Waals surface area contributed by atoms with Crippen LogP contribution in [0, 0.1) is 6.92 Å². The molecule has 0 aliphatic carbocycles. The predicted octanol–water partition coefficient (Wildman–Crippen LogP) is 2.42. The molecular formula is C14H13As. The molecule has 0 heterocycles. The molecule has 2 aromatic rings. The van der Waals surface area contributed by atoms with Crippen LogP contribution in [0.4, 0.5) is 0 Å². The zero-order valence-corrected chi connectivity index (χ0v) is 10.6. The third-order valence-corrected chi connectivity index (χ3v) is 3.83. The first kappa shape index (κ1) is 10.4. The van der Waals surface area contributed by atoms with E-state index in [0.717, 1.165) is 0 Å². The van der Waals surface area contributed by atoms with Crippen LogP contribution < -0.4 is 4.35 Å². The molecule has 0 aliphatic rings. The molecule has 0 aliphatic heterocycles. The number of rotatable bonds is 2. The van der Waals surface area contributed by atoms with E-state index in [1.807, 2.05) is 0 Å². The second kappa shape index (κ2) is 4.59. The van der Waals surface area contributed by atoms with Crippen molar-refractivity contribution in [2.75, 3.05) is 0 Å². The van der Waals surface area contributed by atoms with E-state index in [1.54, 1.807) is 0 Å². The van der Waals surface area contributed by atoms with Gasteiger partial charge in [-0.25, -0.2) is 0 Å². The van der Waals surface area contributed by atoms with Gasteiger partial charge in [0.05, 0.1) is 0 Å². The molecule has 0 N–H and O–H groups in total. The Bertz CT molecular complexity index is 452. The third-order valence-electron chi connectivity index (χ3n) is 2.43. The molecule has 0 nitrogen and oxygen atoms in total. The second-order valence-corrected chi connectivity index (χ2v) is 5.32. The Morgan fingerprint density at radius 1 is 0.800 bits per heavy atom. The molecule has 0 bridgehead atoms. The van der Waals surface area contributed by atoms with Gasteiger partial charge in [0.15, 0.2) is 0 Å². The Balaban J connectivity index is 2.37. The van der Waals surface area contributed by atoms with Gasteiger partial charge >= 0.3 is 97.1 Å². The van der Waals surface area contributed by atoms with E-state index >= 15 is 0 Å². The fourth-order valence-electron chi connectivity index (χ4n) is 1.51. The molecule has 0 fully saturated rings. The molecule has 0 saturated carbocycles. The first-order valence-electron chi connectivity index (χ1n) is 4.93. The Hall–Kier alpha value is -1.13. The van der Waals surface area contributed by atoms with Crippen LogP contribution in [-0.4, -0.2) is 20.6 Å². The van der Waals surface area contributed by atoms with Crippen LogP contribution in [0.3, 0.4) is 0 Å². The summed E-state index contributed by atoms with van der Waals surface area (Å²) in [5, 5.41) is 3.96. The van der Waals surface area contributed by atoms with E-state index in [-0.39, 0.29) is 15.3 Å². The van der Waals surface area contributed by atoms with Crippen LogP contribution >= 0.6 is 0 Å². The standard InChI is InChI=1S/C14H13As/c1-11-3-5-12(6-4-11)13-7-9-14(15-2)10-8-13/h3-10H,2H2,1H3. The summed E-state index contributed by atoms with van der Waals surface area (Å²) < 4.78 is 1.38. The molecule has 15 heavy (non-hydrogen) atoms. The van der Waals surface area contributed by atoms with Gasteiger partial charge in [0.2, 0.25) is 0 Å². The number of hydrogen-bond donors (Lipinski definition) is 0. The van der Waals surface area contributed by atoms with Crippen molar-refractivity contribution in [3.8, 4) is 11.1 Å². The average molecular weight is 256 g/mol. The van der Waals surface area contributed by atoms with Crippen molar-refractivity contribution in [3.05, 3.63) is 54.1 Å². The Morgan fingerprint density at radius 3 is 1.73 bits per heavy atom. The van der Waals surface area contributed by atoms with Gasteiger partial charge in [0, 0.05) is 0 Å². The summed E-state index contributed by atoms with van der Waals surface area (Å²) in [5.41, 5.74) is 3.87. The SMILES string of the molecule is C=[As]c1ccc(-c2ccc(C)cc2)cc1. The molecule has 2 rings (SSSR count). The molecule has 0 atom stereocenters. The van der Waals surface area contributed by atoms with Crippen LogP contribution in [0.1, 0.15) is 5.56 Å². The van der Waals surface area contributed by atoms with Crippen LogP contribution in [0.25, 0.3) is 11.1 Å². The molecule has 0 spiro atoms. The van der Waals surface area contributed by atoms with Gasteiger partial charge in [-0.05, 0) is 0 Å². The molecule has 1 heteroatoms. The first-order chi connectivity index (χ1) is 7.29. The monoisotopic (exact) mass is 256 g/mol. The van der Waals surface area contributed by atoms with Gasteiger partial charge in [-0.1, -0.05) is 0 Å². The molecule has 0 aromatic heterocycles. The normalized spacial score (nSPS) is 10.5. The minimum absolute atomic E-state index is 0.102. The van der Waals surface area contributed by atoms with Crippen molar-refractivity contribution in [1.82, 2.24) is 0 Å². The Labute approximate surface area is 97.2 Å². The molecular weight excluding hydrogens is 243 g/mol. The van der Waals surface area contributed by atoms with Crippen molar-refractivity contribution in [1.29, 1.82) is 0 Å². The summed E-state index contributed by atoms with van der Waals surface area (Å²) in [6.45, 7) is 2.11. The fraction of sp³-hybridized carbons (Fsp3) is 0.0714. The van der Waals surface area contributed by atoms with Gasteiger partial charge < -0.3 is 0 Å². The van der Waals surface area contributed by atoms with Gasteiger partial charge in [0.25, 0.3) is 0 Å². The summed E-state index contributed by atoms with van der Waals surface area (Å²) in [6, 6.07) is 17.4. The van der Waals surface area contributed by atoms with Crippen LogP contribution in [-0.2, 0) is 0 Å². The van der Waals surface area contributed by atoms with Crippen molar-refractivity contribution < 1.29 is 0 Å². The maximum atomic E-state index is 3.96. The minimum atomic E-state index is 0.102. The van der Waals surface area contributed by atoms with Gasteiger partial charge in [-0.3, -0.25) is 0 Å². The summed E-state index contributed by atoms with van der Waals surface area (Å²) in [7, 11) is 0. The summed E-state index contributed by atoms with van der Waals surface area (Å²) >= 11 is 0.102. The maximum absolute atomic E-state index is 3.96. The van der Waals surface area contributed by atoms with E-state index in [2.05, 4.69) is 60.8 Å².